The number of carbonyl (C=O) groups excluding carboxylic acids is 1. The smallest absolute Gasteiger partial charge is 0.256 e. The molecule has 3 rings (SSSR count). The molecule has 0 saturated carbocycles. The number of anilines is 1. The maximum atomic E-state index is 13.3. The molecule has 206 valence electrons. The molecule has 3 aromatic rings. The summed E-state index contributed by atoms with van der Waals surface area (Å²) in [5, 5.41) is 6.91. The Hall–Kier alpha value is -2.37. The second-order valence-corrected chi connectivity index (χ2v) is 11.6. The first-order valence-electron chi connectivity index (χ1n) is 14.3. The van der Waals surface area contributed by atoms with Crippen molar-refractivity contribution >= 4 is 34.5 Å². The van der Waals surface area contributed by atoms with E-state index in [9.17, 15) is 4.79 Å². The summed E-state index contributed by atoms with van der Waals surface area (Å²) in [6.07, 6.45) is 17.7. The van der Waals surface area contributed by atoms with E-state index in [1.165, 1.54) is 69.2 Å². The van der Waals surface area contributed by atoms with Gasteiger partial charge < -0.3 is 10.1 Å². The lowest BCUT2D eigenvalue weighted by molar-refractivity contribution is -0.689. The van der Waals surface area contributed by atoms with Gasteiger partial charge in [0, 0.05) is 29.1 Å². The molecule has 2 aromatic carbocycles. The number of hydrogen-bond acceptors (Lipinski definition) is 3. The molecule has 0 atom stereocenters. The van der Waals surface area contributed by atoms with Gasteiger partial charge in [0.15, 0.2) is 12.7 Å². The van der Waals surface area contributed by atoms with Gasteiger partial charge in [-0.1, -0.05) is 119 Å². The molecule has 1 aromatic heterocycles. The molecule has 4 nitrogen and oxygen atoms in total. The quantitative estimate of drug-likeness (QED) is 0.125. The lowest BCUT2D eigenvalue weighted by Crippen LogP contribution is -2.35. The van der Waals surface area contributed by atoms with Gasteiger partial charge in [0.25, 0.3) is 5.91 Å². The molecule has 0 saturated heterocycles. The summed E-state index contributed by atoms with van der Waals surface area (Å²) in [6.45, 7) is 5.62. The van der Waals surface area contributed by atoms with Crippen LogP contribution in [0.3, 0.4) is 0 Å². The monoisotopic (exact) mass is 555 g/mol. The highest BCUT2D eigenvalue weighted by Crippen LogP contribution is 2.29. The summed E-state index contributed by atoms with van der Waals surface area (Å²) in [5.41, 5.74) is 2.28. The molecular weight excluding hydrogens is 512 g/mol. The fourth-order valence-electron chi connectivity index (χ4n) is 4.64. The van der Waals surface area contributed by atoms with Gasteiger partial charge in [0.1, 0.15) is 5.75 Å². The van der Waals surface area contributed by atoms with Gasteiger partial charge in [-0.05, 0) is 24.6 Å². The van der Waals surface area contributed by atoms with Crippen molar-refractivity contribution in [2.45, 2.75) is 97.4 Å². The summed E-state index contributed by atoms with van der Waals surface area (Å²) in [4.78, 5) is 13.3. The van der Waals surface area contributed by atoms with Crippen molar-refractivity contribution in [3.8, 4) is 5.75 Å². The van der Waals surface area contributed by atoms with Crippen LogP contribution in [0, 0.1) is 6.92 Å². The highest BCUT2D eigenvalue weighted by atomic mass is 35.5. The molecule has 0 spiro atoms. The third-order valence-corrected chi connectivity index (χ3v) is 8.00. The van der Waals surface area contributed by atoms with Crippen LogP contribution in [0.15, 0.2) is 54.0 Å². The van der Waals surface area contributed by atoms with Crippen LogP contribution in [0.1, 0.15) is 105 Å². The van der Waals surface area contributed by atoms with Crippen molar-refractivity contribution in [2.24, 2.45) is 0 Å². The zero-order valence-electron chi connectivity index (χ0n) is 23.1. The number of nitrogens with one attached hydrogen (secondary N) is 1. The second-order valence-electron chi connectivity index (χ2n) is 10.0. The maximum absolute atomic E-state index is 13.3. The van der Waals surface area contributed by atoms with Crippen molar-refractivity contribution in [1.82, 2.24) is 0 Å². The number of rotatable bonds is 18. The van der Waals surface area contributed by atoms with Crippen LogP contribution in [-0.4, -0.2) is 12.5 Å². The van der Waals surface area contributed by atoms with Crippen molar-refractivity contribution in [3.63, 3.8) is 0 Å². The number of aryl methyl sites for hydroxylation is 1. The Kier molecular flexibility index (Phi) is 13.7. The summed E-state index contributed by atoms with van der Waals surface area (Å²) in [6, 6.07) is 13.1. The Labute approximate surface area is 238 Å². The van der Waals surface area contributed by atoms with Crippen molar-refractivity contribution < 1.29 is 14.1 Å². The number of benzene rings is 2. The largest absolute Gasteiger partial charge is 0.491 e. The van der Waals surface area contributed by atoms with Gasteiger partial charge in [0.2, 0.25) is 5.01 Å². The number of amides is 1. The van der Waals surface area contributed by atoms with Gasteiger partial charge in [0.05, 0.1) is 17.7 Å². The maximum Gasteiger partial charge on any atom is 0.256 e. The van der Waals surface area contributed by atoms with E-state index < -0.39 is 0 Å². The normalized spacial score (nSPS) is 11.0. The number of nitrogens with zero attached hydrogens (tertiary/aromatic N) is 1. The lowest BCUT2D eigenvalue weighted by atomic mass is 10.1. The fraction of sp³-hybridized carbons (Fsp3) is 0.500. The van der Waals surface area contributed by atoms with Gasteiger partial charge >= 0.3 is 0 Å². The average Bonchev–Trinajstić information content (AvgIpc) is 3.32. The first kappa shape index (κ1) is 30.2. The van der Waals surface area contributed by atoms with Crippen LogP contribution >= 0.6 is 22.9 Å². The molecule has 1 amide bonds. The van der Waals surface area contributed by atoms with E-state index in [4.69, 9.17) is 16.3 Å². The SMILES string of the molecule is CCCCCCCCCCCCCCOc1cc(Cl)ccc1NC(=O)c1ccccc1C[n+]1ccsc1C. The number of thiazole rings is 1. The van der Waals surface area contributed by atoms with Gasteiger partial charge in [-0.2, -0.15) is 4.57 Å². The Morgan fingerprint density at radius 3 is 2.24 bits per heavy atom. The third kappa shape index (κ3) is 10.4. The molecule has 1 heterocycles. The Balaban J connectivity index is 1.43. The number of hydrogen-bond donors (Lipinski definition) is 1. The fourth-order valence-corrected chi connectivity index (χ4v) is 5.46. The van der Waals surface area contributed by atoms with Gasteiger partial charge in [-0.3, -0.25) is 4.79 Å². The van der Waals surface area contributed by atoms with Crippen LogP contribution in [-0.2, 0) is 6.54 Å². The molecule has 0 fully saturated rings. The lowest BCUT2D eigenvalue weighted by Gasteiger charge is -2.14. The van der Waals surface area contributed by atoms with Crippen LogP contribution < -0.4 is 14.6 Å². The topological polar surface area (TPSA) is 42.2 Å². The molecule has 6 heteroatoms. The van der Waals surface area contributed by atoms with E-state index >= 15 is 0 Å². The summed E-state index contributed by atoms with van der Waals surface area (Å²) >= 11 is 7.95. The standard InChI is InChI=1S/C32H43ClN2O2S/c1-3-4-5-6-7-8-9-10-11-12-13-16-22-37-31-24-28(33)19-20-30(31)34-32(36)29-18-15-14-17-27(29)25-35-21-23-38-26(35)2/h14-15,17-21,23-24H,3-13,16,22,25H2,1-2H3/p+1. The Morgan fingerprint density at radius 1 is 0.921 bits per heavy atom. The van der Waals surface area contributed by atoms with Gasteiger partial charge in [-0.25, -0.2) is 0 Å². The molecule has 0 aliphatic rings. The van der Waals surface area contributed by atoms with Crippen LogP contribution in [0.5, 0.6) is 5.75 Å². The molecule has 0 bridgehead atoms. The van der Waals surface area contributed by atoms with E-state index in [-0.39, 0.29) is 5.91 Å². The van der Waals surface area contributed by atoms with E-state index in [0.29, 0.717) is 35.2 Å². The summed E-state index contributed by atoms with van der Waals surface area (Å²) in [5.74, 6) is 0.473. The minimum atomic E-state index is -0.147. The zero-order chi connectivity index (χ0) is 27.0. The highest BCUT2D eigenvalue weighted by Gasteiger charge is 2.18. The van der Waals surface area contributed by atoms with E-state index in [1.54, 1.807) is 23.5 Å². The van der Waals surface area contributed by atoms with E-state index in [2.05, 4.69) is 35.3 Å². The van der Waals surface area contributed by atoms with Crippen molar-refractivity contribution in [2.75, 3.05) is 11.9 Å². The molecule has 0 unspecified atom stereocenters. The molecule has 0 aliphatic heterocycles. The van der Waals surface area contributed by atoms with Gasteiger partial charge in [-0.15, -0.1) is 0 Å². The predicted octanol–water partition coefficient (Wildman–Crippen LogP) is 9.38. The number of halogens is 1. The molecular formula is C32H44ClN2O2S+. The average molecular weight is 556 g/mol. The number of carbonyl (C=O) groups is 1. The summed E-state index contributed by atoms with van der Waals surface area (Å²) in [7, 11) is 0. The number of ether oxygens (including phenoxy) is 1. The van der Waals surface area contributed by atoms with Crippen LogP contribution in [0.4, 0.5) is 5.69 Å². The molecule has 0 radical (unpaired) electrons. The Morgan fingerprint density at radius 2 is 1.58 bits per heavy atom. The Bertz CT molecular complexity index is 1110. The first-order valence-corrected chi connectivity index (χ1v) is 15.6. The second kappa shape index (κ2) is 17.3. The molecule has 0 aliphatic carbocycles. The van der Waals surface area contributed by atoms with Crippen LogP contribution in [0.2, 0.25) is 5.02 Å². The third-order valence-electron chi connectivity index (χ3n) is 6.93. The number of aromatic nitrogens is 1. The van der Waals surface area contributed by atoms with E-state index in [1.807, 2.05) is 30.3 Å². The first-order chi connectivity index (χ1) is 18.6. The highest BCUT2D eigenvalue weighted by molar-refractivity contribution is 7.09. The van der Waals surface area contributed by atoms with E-state index in [0.717, 1.165) is 18.4 Å². The minimum Gasteiger partial charge on any atom is -0.491 e. The predicted molar refractivity (Wildman–Crippen MR) is 161 cm³/mol. The minimum absolute atomic E-state index is 0.147. The number of unbranched alkanes of at least 4 members (excludes halogenated alkanes) is 11. The zero-order valence-corrected chi connectivity index (χ0v) is 24.7. The van der Waals surface area contributed by atoms with Crippen LogP contribution in [0.25, 0.3) is 0 Å². The summed E-state index contributed by atoms with van der Waals surface area (Å²) < 4.78 is 8.23. The van der Waals surface area contributed by atoms with Crippen molar-refractivity contribution in [1.29, 1.82) is 0 Å². The molecule has 38 heavy (non-hydrogen) atoms. The molecule has 1 N–H and O–H groups in total. The van der Waals surface area contributed by atoms with Crippen molar-refractivity contribution in [3.05, 3.63) is 75.2 Å².